The van der Waals surface area contributed by atoms with Gasteiger partial charge in [-0.3, -0.25) is 4.90 Å². The molecule has 1 aliphatic heterocycles. The predicted octanol–water partition coefficient (Wildman–Crippen LogP) is 3.46. The lowest BCUT2D eigenvalue weighted by molar-refractivity contribution is 0.0943. The molecule has 1 fully saturated rings. The fourth-order valence-corrected chi connectivity index (χ4v) is 2.82. The van der Waals surface area contributed by atoms with Crippen molar-refractivity contribution in [2.75, 3.05) is 0 Å². The van der Waals surface area contributed by atoms with E-state index in [1.165, 1.54) is 24.8 Å². The van der Waals surface area contributed by atoms with Gasteiger partial charge in [-0.15, -0.1) is 0 Å². The van der Waals surface area contributed by atoms with Crippen molar-refractivity contribution >= 4 is 0 Å². The molecule has 0 spiro atoms. The zero-order valence-corrected chi connectivity index (χ0v) is 11.1. The molecule has 1 heterocycles. The summed E-state index contributed by atoms with van der Waals surface area (Å²) in [7, 11) is 0. The Hall–Kier alpha value is -1.02. The van der Waals surface area contributed by atoms with Crippen molar-refractivity contribution in [3.05, 3.63) is 29.3 Å². The number of phenols is 1. The van der Waals surface area contributed by atoms with Crippen LogP contribution < -0.4 is 0 Å². The highest BCUT2D eigenvalue weighted by Crippen LogP contribution is 2.27. The van der Waals surface area contributed by atoms with E-state index in [-0.39, 0.29) is 0 Å². The zero-order valence-electron chi connectivity index (χ0n) is 11.1. The third kappa shape index (κ3) is 2.81. The van der Waals surface area contributed by atoms with Crippen molar-refractivity contribution in [3.8, 4) is 5.75 Å². The third-order valence-corrected chi connectivity index (χ3v) is 3.96. The molecule has 2 heteroatoms. The van der Waals surface area contributed by atoms with Crippen molar-refractivity contribution in [1.82, 2.24) is 4.90 Å². The molecule has 1 N–H and O–H groups in total. The predicted molar refractivity (Wildman–Crippen MR) is 71.2 cm³/mol. The largest absolute Gasteiger partial charge is 0.508 e. The summed E-state index contributed by atoms with van der Waals surface area (Å²) in [6.07, 6.45) is 3.88. The van der Waals surface area contributed by atoms with Gasteiger partial charge in [-0.05, 0) is 39.7 Å². The summed E-state index contributed by atoms with van der Waals surface area (Å²) in [6, 6.07) is 7.12. The van der Waals surface area contributed by atoms with E-state index in [0.717, 1.165) is 12.1 Å². The molecule has 1 aromatic rings. The summed E-state index contributed by atoms with van der Waals surface area (Å²) in [5.41, 5.74) is 2.28. The van der Waals surface area contributed by atoms with Crippen LogP contribution in [0, 0.1) is 6.92 Å². The Morgan fingerprint density at radius 2 is 1.88 bits per heavy atom. The van der Waals surface area contributed by atoms with Crippen LogP contribution in [0.2, 0.25) is 0 Å². The van der Waals surface area contributed by atoms with E-state index in [2.05, 4.69) is 31.7 Å². The number of hydrogen-bond donors (Lipinski definition) is 1. The Labute approximate surface area is 104 Å². The maximum atomic E-state index is 9.91. The number of hydrogen-bond acceptors (Lipinski definition) is 2. The Balaban J connectivity index is 2.16. The number of benzene rings is 1. The monoisotopic (exact) mass is 233 g/mol. The topological polar surface area (TPSA) is 23.5 Å². The molecular formula is C15H23NO. The highest BCUT2D eigenvalue weighted by atomic mass is 16.3. The fourth-order valence-electron chi connectivity index (χ4n) is 2.82. The average Bonchev–Trinajstić information content (AvgIpc) is 2.28. The molecule has 0 aliphatic carbocycles. The van der Waals surface area contributed by atoms with Gasteiger partial charge in [-0.2, -0.15) is 0 Å². The Morgan fingerprint density at radius 1 is 1.24 bits per heavy atom. The van der Waals surface area contributed by atoms with Crippen LogP contribution in [0.15, 0.2) is 18.2 Å². The summed E-state index contributed by atoms with van der Waals surface area (Å²) >= 11 is 0. The molecule has 94 valence electrons. The van der Waals surface area contributed by atoms with Gasteiger partial charge < -0.3 is 5.11 Å². The van der Waals surface area contributed by atoms with Crippen LogP contribution in [-0.4, -0.2) is 22.1 Å². The molecule has 0 unspecified atom stereocenters. The Bertz CT molecular complexity index is 379. The molecule has 0 bridgehead atoms. The smallest absolute Gasteiger partial charge is 0.120 e. The van der Waals surface area contributed by atoms with E-state index in [9.17, 15) is 5.11 Å². The SMILES string of the molecule is Cc1ccc(O)c(CN2[C@H](C)CCC[C@@H]2C)c1. The number of phenolic OH excluding ortho intramolecular Hbond substituents is 1. The molecule has 2 nitrogen and oxygen atoms in total. The van der Waals surface area contributed by atoms with Crippen molar-refractivity contribution < 1.29 is 5.11 Å². The van der Waals surface area contributed by atoms with Gasteiger partial charge in [0, 0.05) is 24.2 Å². The maximum absolute atomic E-state index is 9.91. The van der Waals surface area contributed by atoms with Gasteiger partial charge in [0.2, 0.25) is 0 Å². The number of nitrogens with zero attached hydrogens (tertiary/aromatic N) is 1. The summed E-state index contributed by atoms with van der Waals surface area (Å²) in [5.74, 6) is 0.431. The van der Waals surface area contributed by atoms with Crippen LogP contribution in [0.3, 0.4) is 0 Å². The first-order chi connectivity index (χ1) is 8.08. The fraction of sp³-hybridized carbons (Fsp3) is 0.600. The molecule has 1 aromatic carbocycles. The molecule has 2 atom stereocenters. The minimum absolute atomic E-state index is 0.431. The molecule has 1 aliphatic rings. The van der Waals surface area contributed by atoms with Crippen LogP contribution in [0.1, 0.15) is 44.2 Å². The summed E-state index contributed by atoms with van der Waals surface area (Å²) in [4.78, 5) is 2.51. The summed E-state index contributed by atoms with van der Waals surface area (Å²) in [5, 5.41) is 9.91. The molecule has 2 rings (SSSR count). The number of aromatic hydroxyl groups is 1. The van der Waals surface area contributed by atoms with E-state index in [1.807, 2.05) is 12.1 Å². The van der Waals surface area contributed by atoms with Crippen LogP contribution in [0.4, 0.5) is 0 Å². The minimum atomic E-state index is 0.431. The minimum Gasteiger partial charge on any atom is -0.508 e. The molecule has 0 aromatic heterocycles. The van der Waals surface area contributed by atoms with Gasteiger partial charge in [-0.1, -0.05) is 24.1 Å². The first-order valence-electron chi connectivity index (χ1n) is 6.62. The van der Waals surface area contributed by atoms with E-state index in [1.54, 1.807) is 0 Å². The van der Waals surface area contributed by atoms with Gasteiger partial charge >= 0.3 is 0 Å². The quantitative estimate of drug-likeness (QED) is 0.845. The second kappa shape index (κ2) is 5.09. The number of likely N-dealkylation sites (tertiary alicyclic amines) is 1. The zero-order chi connectivity index (χ0) is 12.4. The highest BCUT2D eigenvalue weighted by molar-refractivity contribution is 5.35. The molecule has 0 radical (unpaired) electrons. The van der Waals surface area contributed by atoms with Crippen molar-refractivity contribution in [2.45, 2.75) is 58.7 Å². The molecule has 1 saturated heterocycles. The van der Waals surface area contributed by atoms with Crippen LogP contribution >= 0.6 is 0 Å². The van der Waals surface area contributed by atoms with Gasteiger partial charge in [0.15, 0.2) is 0 Å². The van der Waals surface area contributed by atoms with Gasteiger partial charge in [0.25, 0.3) is 0 Å². The number of piperidine rings is 1. The number of rotatable bonds is 2. The second-order valence-corrected chi connectivity index (χ2v) is 5.43. The van der Waals surface area contributed by atoms with Gasteiger partial charge in [0.1, 0.15) is 5.75 Å². The Morgan fingerprint density at radius 3 is 2.53 bits per heavy atom. The first kappa shape index (κ1) is 12.4. The summed E-state index contributed by atoms with van der Waals surface area (Å²) < 4.78 is 0. The van der Waals surface area contributed by atoms with Crippen molar-refractivity contribution in [1.29, 1.82) is 0 Å². The number of aryl methyl sites for hydroxylation is 1. The van der Waals surface area contributed by atoms with Crippen LogP contribution in [0.25, 0.3) is 0 Å². The van der Waals surface area contributed by atoms with Gasteiger partial charge in [0.05, 0.1) is 0 Å². The molecule has 17 heavy (non-hydrogen) atoms. The van der Waals surface area contributed by atoms with Crippen LogP contribution in [-0.2, 0) is 6.54 Å². The molecule has 0 amide bonds. The molecule has 0 saturated carbocycles. The lowest BCUT2D eigenvalue weighted by Gasteiger charge is -2.39. The van der Waals surface area contributed by atoms with Crippen LogP contribution in [0.5, 0.6) is 5.75 Å². The van der Waals surface area contributed by atoms with E-state index < -0.39 is 0 Å². The normalized spacial score (nSPS) is 26.1. The molecular weight excluding hydrogens is 210 g/mol. The lowest BCUT2D eigenvalue weighted by Crippen LogP contribution is -2.42. The third-order valence-electron chi connectivity index (χ3n) is 3.96. The van der Waals surface area contributed by atoms with Gasteiger partial charge in [-0.25, -0.2) is 0 Å². The van der Waals surface area contributed by atoms with E-state index in [4.69, 9.17) is 0 Å². The maximum Gasteiger partial charge on any atom is 0.120 e. The Kier molecular flexibility index (Phi) is 3.72. The summed E-state index contributed by atoms with van der Waals surface area (Å²) in [6.45, 7) is 7.53. The highest BCUT2D eigenvalue weighted by Gasteiger charge is 2.25. The van der Waals surface area contributed by atoms with E-state index >= 15 is 0 Å². The standard InChI is InChI=1S/C15H23NO/c1-11-7-8-15(17)14(9-11)10-16-12(2)5-4-6-13(16)3/h7-9,12-13,17H,4-6,10H2,1-3H3/t12-,13+. The van der Waals surface area contributed by atoms with Crippen molar-refractivity contribution in [2.24, 2.45) is 0 Å². The second-order valence-electron chi connectivity index (χ2n) is 5.43. The lowest BCUT2D eigenvalue weighted by atomic mass is 9.96. The average molecular weight is 233 g/mol. The van der Waals surface area contributed by atoms with Crippen molar-refractivity contribution in [3.63, 3.8) is 0 Å². The first-order valence-corrected chi connectivity index (χ1v) is 6.62. The van der Waals surface area contributed by atoms with E-state index in [0.29, 0.717) is 17.8 Å².